The molecule has 44 heavy (non-hydrogen) atoms. The van der Waals surface area contributed by atoms with Gasteiger partial charge in [0.1, 0.15) is 5.52 Å². The largest absolute Gasteiger partial charge is 0.452 e. The fraction of sp³-hybridized carbons (Fsp3) is 0. The van der Waals surface area contributed by atoms with E-state index in [-0.39, 0.29) is 0 Å². The van der Waals surface area contributed by atoms with Gasteiger partial charge in [-0.05, 0) is 92.0 Å². The molecule has 9 rings (SSSR count). The van der Waals surface area contributed by atoms with Crippen LogP contribution in [0.15, 0.2) is 162 Å². The number of aromatic nitrogens is 1. The minimum atomic E-state index is 0.784. The maximum atomic E-state index is 6.48. The molecule has 0 aliphatic heterocycles. The minimum absolute atomic E-state index is 0.784. The molecule has 9 aromatic rings. The third-order valence-corrected chi connectivity index (χ3v) is 8.69. The lowest BCUT2D eigenvalue weighted by Crippen LogP contribution is -2.10. The first-order valence-corrected chi connectivity index (χ1v) is 14.9. The SMILES string of the molecule is c1ccc(-c2ccc(N(c3ccc4c(ccc5c6ccccc6ccc45)c3)c3cccc4c3oc3cccnc34)cc2)cc1. The fourth-order valence-corrected chi connectivity index (χ4v) is 6.60. The van der Waals surface area contributed by atoms with Crippen LogP contribution in [0, 0.1) is 0 Å². The average molecular weight is 563 g/mol. The average Bonchev–Trinajstić information content (AvgIpc) is 3.48. The summed E-state index contributed by atoms with van der Waals surface area (Å²) >= 11 is 0. The number of para-hydroxylation sites is 1. The Morgan fingerprint density at radius 3 is 2.00 bits per heavy atom. The van der Waals surface area contributed by atoms with Gasteiger partial charge in [-0.25, -0.2) is 0 Å². The summed E-state index contributed by atoms with van der Waals surface area (Å²) in [6.07, 6.45) is 1.82. The highest BCUT2D eigenvalue weighted by Crippen LogP contribution is 2.43. The third kappa shape index (κ3) is 3.87. The lowest BCUT2D eigenvalue weighted by Gasteiger charge is -2.26. The third-order valence-electron chi connectivity index (χ3n) is 8.69. The predicted molar refractivity (Wildman–Crippen MR) is 184 cm³/mol. The molecule has 0 radical (unpaired) electrons. The molecule has 0 aliphatic carbocycles. The second-order valence-electron chi connectivity index (χ2n) is 11.2. The van der Waals surface area contributed by atoms with Crippen LogP contribution in [-0.2, 0) is 0 Å². The predicted octanol–water partition coefficient (Wildman–Crippen LogP) is 11.6. The van der Waals surface area contributed by atoms with Crippen LogP contribution in [0.25, 0.3) is 65.5 Å². The lowest BCUT2D eigenvalue weighted by molar-refractivity contribution is 0.668. The normalized spacial score (nSPS) is 11.6. The van der Waals surface area contributed by atoms with Gasteiger partial charge in [-0.1, -0.05) is 103 Å². The molecule has 0 N–H and O–H groups in total. The summed E-state index contributed by atoms with van der Waals surface area (Å²) in [6.45, 7) is 0. The second-order valence-corrected chi connectivity index (χ2v) is 11.2. The molecular weight excluding hydrogens is 536 g/mol. The van der Waals surface area contributed by atoms with Gasteiger partial charge in [0.25, 0.3) is 0 Å². The van der Waals surface area contributed by atoms with Crippen LogP contribution in [0.1, 0.15) is 0 Å². The van der Waals surface area contributed by atoms with Crippen molar-refractivity contribution in [1.29, 1.82) is 0 Å². The van der Waals surface area contributed by atoms with Crippen molar-refractivity contribution in [2.24, 2.45) is 0 Å². The van der Waals surface area contributed by atoms with Crippen molar-refractivity contribution >= 4 is 71.4 Å². The fourth-order valence-electron chi connectivity index (χ4n) is 6.60. The quantitative estimate of drug-likeness (QED) is 0.200. The maximum absolute atomic E-state index is 6.48. The number of benzene rings is 7. The van der Waals surface area contributed by atoms with Gasteiger partial charge in [0.05, 0.1) is 5.69 Å². The zero-order chi connectivity index (χ0) is 29.0. The van der Waals surface area contributed by atoms with Crippen molar-refractivity contribution in [2.45, 2.75) is 0 Å². The molecule has 206 valence electrons. The molecule has 0 unspecified atom stereocenters. The van der Waals surface area contributed by atoms with Crippen molar-refractivity contribution in [3.8, 4) is 11.1 Å². The molecular formula is C41H26N2O. The molecule has 0 aliphatic rings. The Labute approximate surface area is 254 Å². The highest BCUT2D eigenvalue weighted by molar-refractivity contribution is 6.18. The molecule has 0 atom stereocenters. The molecule has 0 spiro atoms. The topological polar surface area (TPSA) is 29.3 Å². The van der Waals surface area contributed by atoms with E-state index >= 15 is 0 Å². The monoisotopic (exact) mass is 562 g/mol. The summed E-state index contributed by atoms with van der Waals surface area (Å²) in [6, 6.07) is 53.8. The van der Waals surface area contributed by atoms with E-state index < -0.39 is 0 Å². The Bertz CT molecular complexity index is 2490. The van der Waals surface area contributed by atoms with Crippen molar-refractivity contribution < 1.29 is 4.42 Å². The van der Waals surface area contributed by atoms with Crippen molar-refractivity contribution in [3.05, 3.63) is 158 Å². The first-order valence-electron chi connectivity index (χ1n) is 14.9. The van der Waals surface area contributed by atoms with Gasteiger partial charge in [0.15, 0.2) is 11.2 Å². The number of hydrogen-bond acceptors (Lipinski definition) is 3. The van der Waals surface area contributed by atoms with E-state index in [0.717, 1.165) is 39.1 Å². The number of fused-ring (bicyclic) bond motifs is 8. The van der Waals surface area contributed by atoms with Crippen LogP contribution in [0.3, 0.4) is 0 Å². The van der Waals surface area contributed by atoms with Crippen molar-refractivity contribution in [2.75, 3.05) is 4.90 Å². The van der Waals surface area contributed by atoms with E-state index in [1.54, 1.807) is 0 Å². The second kappa shape index (κ2) is 9.82. The molecule has 0 amide bonds. The molecule has 7 aromatic carbocycles. The summed E-state index contributed by atoms with van der Waals surface area (Å²) in [5, 5.41) is 8.50. The van der Waals surface area contributed by atoms with E-state index in [1.807, 2.05) is 24.4 Å². The molecule has 3 nitrogen and oxygen atoms in total. The Kier molecular flexibility index (Phi) is 5.50. The summed E-state index contributed by atoms with van der Waals surface area (Å²) in [4.78, 5) is 6.93. The van der Waals surface area contributed by atoms with Crippen LogP contribution in [0.5, 0.6) is 0 Å². The number of rotatable bonds is 4. The van der Waals surface area contributed by atoms with Gasteiger partial charge in [-0.2, -0.15) is 0 Å². The van der Waals surface area contributed by atoms with E-state index in [2.05, 4.69) is 143 Å². The molecule has 0 saturated carbocycles. The van der Waals surface area contributed by atoms with Crippen LogP contribution < -0.4 is 4.90 Å². The van der Waals surface area contributed by atoms with Gasteiger partial charge in [0.2, 0.25) is 0 Å². The summed E-state index contributed by atoms with van der Waals surface area (Å²) in [5.41, 5.74) is 7.94. The van der Waals surface area contributed by atoms with Gasteiger partial charge >= 0.3 is 0 Å². The molecule has 0 bridgehead atoms. The molecule has 0 fully saturated rings. The summed E-state index contributed by atoms with van der Waals surface area (Å²) < 4.78 is 6.48. The number of nitrogens with zero attached hydrogens (tertiary/aromatic N) is 2. The van der Waals surface area contributed by atoms with Crippen LogP contribution in [0.4, 0.5) is 17.1 Å². The zero-order valence-electron chi connectivity index (χ0n) is 23.8. The Morgan fingerprint density at radius 1 is 0.455 bits per heavy atom. The highest BCUT2D eigenvalue weighted by atomic mass is 16.3. The molecule has 0 saturated heterocycles. The molecule has 3 heteroatoms. The van der Waals surface area contributed by atoms with Gasteiger partial charge in [0, 0.05) is 23.0 Å². The lowest BCUT2D eigenvalue weighted by atomic mass is 9.96. The summed E-state index contributed by atoms with van der Waals surface area (Å²) in [5.74, 6) is 0. The van der Waals surface area contributed by atoms with Gasteiger partial charge < -0.3 is 9.32 Å². The first-order chi connectivity index (χ1) is 21.8. The van der Waals surface area contributed by atoms with Gasteiger partial charge in [-0.15, -0.1) is 0 Å². The van der Waals surface area contributed by atoms with Crippen LogP contribution in [0.2, 0.25) is 0 Å². The van der Waals surface area contributed by atoms with E-state index in [1.165, 1.54) is 43.4 Å². The van der Waals surface area contributed by atoms with E-state index in [0.29, 0.717) is 0 Å². The maximum Gasteiger partial charge on any atom is 0.161 e. The van der Waals surface area contributed by atoms with Crippen LogP contribution in [-0.4, -0.2) is 4.98 Å². The Hall–Kier alpha value is -5.93. The van der Waals surface area contributed by atoms with E-state index in [4.69, 9.17) is 4.42 Å². The first kappa shape index (κ1) is 24.6. The Balaban J connectivity index is 1.26. The zero-order valence-corrected chi connectivity index (χ0v) is 23.8. The number of hydrogen-bond donors (Lipinski definition) is 0. The van der Waals surface area contributed by atoms with Crippen molar-refractivity contribution in [1.82, 2.24) is 4.98 Å². The van der Waals surface area contributed by atoms with E-state index in [9.17, 15) is 0 Å². The smallest absolute Gasteiger partial charge is 0.161 e. The molecule has 2 aromatic heterocycles. The molecule has 2 heterocycles. The number of anilines is 3. The standard InChI is InChI=1S/C41H26N2O/c1-2-8-27(9-3-1)28-15-19-31(20-16-28)43(38-13-6-12-37-40-39(44-41(37)38)14-7-25-42-40)32-21-24-34-30(26-32)18-23-35-33-11-5-4-10-29(33)17-22-36(34)35/h1-26H. The minimum Gasteiger partial charge on any atom is -0.452 e. The number of pyridine rings is 1. The van der Waals surface area contributed by atoms with Crippen LogP contribution >= 0.6 is 0 Å². The highest BCUT2D eigenvalue weighted by Gasteiger charge is 2.20. The Morgan fingerprint density at radius 2 is 1.14 bits per heavy atom. The summed E-state index contributed by atoms with van der Waals surface area (Å²) in [7, 11) is 0. The van der Waals surface area contributed by atoms with Gasteiger partial charge in [-0.3, -0.25) is 4.98 Å². The number of furan rings is 1. The van der Waals surface area contributed by atoms with Crippen molar-refractivity contribution in [3.63, 3.8) is 0 Å².